The van der Waals surface area contributed by atoms with Crippen molar-refractivity contribution in [2.45, 2.75) is 44.3 Å². The van der Waals surface area contributed by atoms with Crippen molar-refractivity contribution >= 4 is 28.8 Å². The van der Waals surface area contributed by atoms with Gasteiger partial charge >= 0.3 is 5.97 Å². The Balaban J connectivity index is 1.98. The number of hydrogen-bond donors (Lipinski definition) is 1. The first-order chi connectivity index (χ1) is 10.0. The van der Waals surface area contributed by atoms with E-state index in [0.717, 1.165) is 28.5 Å². The first-order valence-electron chi connectivity index (χ1n) is 7.38. The average molecular weight is 304 g/mol. The van der Waals surface area contributed by atoms with Gasteiger partial charge < -0.3 is 9.67 Å². The lowest BCUT2D eigenvalue weighted by Gasteiger charge is -2.17. The van der Waals surface area contributed by atoms with E-state index in [0.29, 0.717) is 6.04 Å². The van der Waals surface area contributed by atoms with E-state index in [9.17, 15) is 4.79 Å². The number of aromatic nitrogens is 2. The van der Waals surface area contributed by atoms with Crippen LogP contribution in [-0.4, -0.2) is 26.4 Å². The Morgan fingerprint density at radius 3 is 2.95 bits per heavy atom. The van der Waals surface area contributed by atoms with Crippen LogP contribution in [0.3, 0.4) is 0 Å². The van der Waals surface area contributed by atoms with Crippen molar-refractivity contribution in [2.75, 3.05) is 5.75 Å². The monoisotopic (exact) mass is 304 g/mol. The molecular formula is C16H20N2O2S. The van der Waals surface area contributed by atoms with Crippen LogP contribution in [-0.2, 0) is 4.79 Å². The Morgan fingerprint density at radius 1 is 1.52 bits per heavy atom. The van der Waals surface area contributed by atoms with Crippen LogP contribution in [0.2, 0.25) is 0 Å². The third-order valence-electron chi connectivity index (χ3n) is 3.95. The van der Waals surface area contributed by atoms with Gasteiger partial charge in [0.15, 0.2) is 5.16 Å². The molecule has 0 spiro atoms. The highest BCUT2D eigenvalue weighted by Crippen LogP contribution is 2.39. The summed E-state index contributed by atoms with van der Waals surface area (Å²) in [6.45, 7) is 4.26. The molecule has 1 aliphatic rings. The zero-order valence-corrected chi connectivity index (χ0v) is 13.2. The summed E-state index contributed by atoms with van der Waals surface area (Å²) in [6.07, 6.45) is 3.81. The topological polar surface area (TPSA) is 55.1 Å². The Morgan fingerprint density at radius 2 is 2.29 bits per heavy atom. The number of rotatable bonds is 6. The van der Waals surface area contributed by atoms with Gasteiger partial charge in [0.2, 0.25) is 0 Å². The number of benzene rings is 1. The fourth-order valence-electron chi connectivity index (χ4n) is 2.78. The number of thioether (sulfide) groups is 1. The van der Waals surface area contributed by atoms with E-state index < -0.39 is 5.97 Å². The van der Waals surface area contributed by atoms with Gasteiger partial charge in [0, 0.05) is 6.04 Å². The maximum Gasteiger partial charge on any atom is 0.313 e. The maximum atomic E-state index is 10.9. The highest BCUT2D eigenvalue weighted by Gasteiger charge is 2.26. The van der Waals surface area contributed by atoms with Crippen molar-refractivity contribution in [3.63, 3.8) is 0 Å². The van der Waals surface area contributed by atoms with Crippen LogP contribution in [0.25, 0.3) is 11.0 Å². The molecule has 1 N–H and O–H groups in total. The van der Waals surface area contributed by atoms with E-state index in [4.69, 9.17) is 5.11 Å². The molecule has 1 unspecified atom stereocenters. The molecule has 0 bridgehead atoms. The summed E-state index contributed by atoms with van der Waals surface area (Å²) in [7, 11) is 0. The summed E-state index contributed by atoms with van der Waals surface area (Å²) in [6, 6.07) is 6.63. The summed E-state index contributed by atoms with van der Waals surface area (Å²) >= 11 is 1.31. The molecule has 1 fully saturated rings. The van der Waals surface area contributed by atoms with Crippen LogP contribution in [0.15, 0.2) is 23.4 Å². The van der Waals surface area contributed by atoms with Gasteiger partial charge in [-0.3, -0.25) is 4.79 Å². The molecule has 21 heavy (non-hydrogen) atoms. The second kappa shape index (κ2) is 5.72. The van der Waals surface area contributed by atoms with Crippen molar-refractivity contribution < 1.29 is 9.90 Å². The summed E-state index contributed by atoms with van der Waals surface area (Å²) in [5.74, 6) is 0.0863. The predicted molar refractivity (Wildman–Crippen MR) is 84.9 cm³/mol. The Labute approximate surface area is 128 Å². The lowest BCUT2D eigenvalue weighted by atomic mass is 10.1. The number of fused-ring (bicyclic) bond motifs is 1. The van der Waals surface area contributed by atoms with E-state index in [1.807, 2.05) is 0 Å². The van der Waals surface area contributed by atoms with Crippen molar-refractivity contribution in [3.05, 3.63) is 23.8 Å². The number of imidazole rings is 1. The number of aliphatic carboxylic acids is 1. The van der Waals surface area contributed by atoms with Crippen LogP contribution in [0.4, 0.5) is 0 Å². The first-order valence-corrected chi connectivity index (χ1v) is 8.36. The van der Waals surface area contributed by atoms with E-state index in [2.05, 4.69) is 41.6 Å². The van der Waals surface area contributed by atoms with E-state index in [1.165, 1.54) is 30.2 Å². The number of carboxylic acid groups (broad SMARTS) is 1. The van der Waals surface area contributed by atoms with E-state index in [1.54, 1.807) is 0 Å². The molecule has 3 rings (SSSR count). The summed E-state index contributed by atoms with van der Waals surface area (Å²) in [5, 5.41) is 9.75. The Bertz CT molecular complexity index is 676. The van der Waals surface area contributed by atoms with Crippen LogP contribution in [0.1, 0.15) is 37.8 Å². The van der Waals surface area contributed by atoms with Crippen molar-refractivity contribution in [3.8, 4) is 0 Å². The van der Waals surface area contributed by atoms with Crippen LogP contribution >= 0.6 is 11.8 Å². The molecule has 1 heterocycles. The number of hydrogen-bond acceptors (Lipinski definition) is 3. The fraction of sp³-hybridized carbons (Fsp3) is 0.500. The van der Waals surface area contributed by atoms with Gasteiger partial charge in [-0.25, -0.2) is 4.98 Å². The van der Waals surface area contributed by atoms with Crippen molar-refractivity contribution in [1.29, 1.82) is 0 Å². The van der Waals surface area contributed by atoms with Gasteiger partial charge in [0.25, 0.3) is 0 Å². The third kappa shape index (κ3) is 3.23. The minimum Gasteiger partial charge on any atom is -0.481 e. The quantitative estimate of drug-likeness (QED) is 0.823. The van der Waals surface area contributed by atoms with Crippen LogP contribution in [0.5, 0.6) is 0 Å². The molecule has 0 radical (unpaired) electrons. The smallest absolute Gasteiger partial charge is 0.313 e. The zero-order valence-electron chi connectivity index (χ0n) is 12.4. The molecule has 0 amide bonds. The van der Waals surface area contributed by atoms with Crippen LogP contribution < -0.4 is 0 Å². The van der Waals surface area contributed by atoms with Gasteiger partial charge in [0.05, 0.1) is 16.8 Å². The Kier molecular flexibility index (Phi) is 3.93. The molecule has 0 aliphatic heterocycles. The molecule has 4 nitrogen and oxygen atoms in total. The number of nitrogens with zero attached hydrogens (tertiary/aromatic N) is 2. The normalized spacial score (nSPS) is 16.3. The van der Waals surface area contributed by atoms with E-state index >= 15 is 0 Å². The van der Waals surface area contributed by atoms with Gasteiger partial charge in [-0.15, -0.1) is 0 Å². The standard InChI is InChI=1S/C16H20N2O2S/c1-10-3-6-14-13(7-10)17-16(21-9-15(19)20)18(14)11(2)8-12-4-5-12/h3,6-7,11-12H,4-5,8-9H2,1-2H3,(H,19,20). The number of carboxylic acids is 1. The first kappa shape index (κ1) is 14.4. The zero-order chi connectivity index (χ0) is 15.0. The second-order valence-corrected chi connectivity index (χ2v) is 6.91. The molecule has 5 heteroatoms. The minimum absolute atomic E-state index is 0.0540. The average Bonchev–Trinajstić information content (AvgIpc) is 3.15. The molecule has 1 saturated carbocycles. The fourth-order valence-corrected chi connectivity index (χ4v) is 3.61. The summed E-state index contributed by atoms with van der Waals surface area (Å²) in [4.78, 5) is 15.5. The molecule has 112 valence electrons. The SMILES string of the molecule is Cc1ccc2c(c1)nc(SCC(=O)O)n2C(C)CC1CC1. The van der Waals surface area contributed by atoms with Crippen molar-refractivity contribution in [2.24, 2.45) is 5.92 Å². The Hall–Kier alpha value is -1.49. The van der Waals surface area contributed by atoms with E-state index in [-0.39, 0.29) is 5.75 Å². The van der Waals surface area contributed by atoms with Gasteiger partial charge in [-0.1, -0.05) is 30.7 Å². The van der Waals surface area contributed by atoms with Gasteiger partial charge in [-0.05, 0) is 43.9 Å². The minimum atomic E-state index is -0.801. The number of aryl methyl sites for hydroxylation is 1. The molecular weight excluding hydrogens is 284 g/mol. The van der Waals surface area contributed by atoms with Gasteiger partial charge in [0.1, 0.15) is 0 Å². The molecule has 1 atom stereocenters. The second-order valence-electron chi connectivity index (χ2n) is 5.97. The highest BCUT2D eigenvalue weighted by atomic mass is 32.2. The predicted octanol–water partition coefficient (Wildman–Crippen LogP) is 3.88. The molecule has 1 aliphatic carbocycles. The largest absolute Gasteiger partial charge is 0.481 e. The summed E-state index contributed by atoms with van der Waals surface area (Å²) < 4.78 is 2.22. The maximum absolute atomic E-state index is 10.9. The third-order valence-corrected chi connectivity index (χ3v) is 4.89. The van der Waals surface area contributed by atoms with Crippen LogP contribution in [0, 0.1) is 12.8 Å². The lowest BCUT2D eigenvalue weighted by molar-refractivity contribution is -0.133. The highest BCUT2D eigenvalue weighted by molar-refractivity contribution is 7.99. The number of carbonyl (C=O) groups is 1. The molecule has 1 aromatic heterocycles. The van der Waals surface area contributed by atoms with Gasteiger partial charge in [-0.2, -0.15) is 0 Å². The summed E-state index contributed by atoms with van der Waals surface area (Å²) in [5.41, 5.74) is 3.25. The van der Waals surface area contributed by atoms with Crippen molar-refractivity contribution in [1.82, 2.24) is 9.55 Å². The molecule has 2 aromatic rings. The molecule has 1 aromatic carbocycles. The lowest BCUT2D eigenvalue weighted by Crippen LogP contribution is -2.09. The molecule has 0 saturated heterocycles.